The summed E-state index contributed by atoms with van der Waals surface area (Å²) in [6.07, 6.45) is 8.27. The number of hydrogen-bond donors (Lipinski definition) is 2. The maximum Gasteiger partial charge on any atom is 0.306 e. The zero-order chi connectivity index (χ0) is 18.8. The summed E-state index contributed by atoms with van der Waals surface area (Å²) in [5.74, 6) is -1.69. The molecular weight excluding hydrogens is 340 g/mol. The Kier molecular flexibility index (Phi) is 9.28. The van der Waals surface area contributed by atoms with Gasteiger partial charge in [-0.3, -0.25) is 4.79 Å². The second-order valence-corrected chi connectivity index (χ2v) is 7.23. The third-order valence-corrected chi connectivity index (χ3v) is 5.14. The third kappa shape index (κ3) is 5.89. The van der Waals surface area contributed by atoms with E-state index < -0.39 is 30.7 Å². The van der Waals surface area contributed by atoms with Crippen LogP contribution in [0.1, 0.15) is 71.1 Å². The number of rotatable bonds is 13. The lowest BCUT2D eigenvalue weighted by atomic mass is 10.0. The third-order valence-electron chi connectivity index (χ3n) is 5.14. The highest BCUT2D eigenvalue weighted by Gasteiger charge is 2.57. The van der Waals surface area contributed by atoms with Gasteiger partial charge >= 0.3 is 5.97 Å². The molecule has 0 saturated carbocycles. The van der Waals surface area contributed by atoms with Crippen molar-refractivity contribution in [3.63, 3.8) is 0 Å². The van der Waals surface area contributed by atoms with Gasteiger partial charge in [0, 0.05) is 6.42 Å². The van der Waals surface area contributed by atoms with Crippen molar-refractivity contribution in [1.82, 2.24) is 0 Å². The normalized spacial score (nSPS) is 27.3. The van der Waals surface area contributed by atoms with Crippen LogP contribution in [-0.2, 0) is 23.7 Å². The molecule has 2 rings (SSSR count). The van der Waals surface area contributed by atoms with Crippen molar-refractivity contribution in [3.8, 4) is 0 Å². The molecule has 0 aromatic rings. The van der Waals surface area contributed by atoms with E-state index in [0.717, 1.165) is 19.3 Å². The summed E-state index contributed by atoms with van der Waals surface area (Å²) in [7, 11) is 0. The van der Waals surface area contributed by atoms with E-state index in [2.05, 4.69) is 6.92 Å². The molecule has 2 aliphatic rings. The van der Waals surface area contributed by atoms with Crippen molar-refractivity contribution in [2.75, 3.05) is 20.0 Å². The number of carbonyl (C=O) groups excluding carboxylic acids is 1. The predicted octanol–water partition coefficient (Wildman–Crippen LogP) is 2.27. The SMILES string of the molecule is CCCCCCCCCCCC(=O)O[C@@H]1[C@@H](O)CO[C@@H]1C1(CO)OCO1. The minimum atomic E-state index is -1.33. The van der Waals surface area contributed by atoms with Crippen molar-refractivity contribution in [3.05, 3.63) is 0 Å². The number of carbonyl (C=O) groups is 1. The molecule has 0 bridgehead atoms. The summed E-state index contributed by atoms with van der Waals surface area (Å²) in [5, 5.41) is 19.5. The molecule has 0 aliphatic carbocycles. The van der Waals surface area contributed by atoms with Crippen LogP contribution >= 0.6 is 0 Å². The molecular formula is C19H34O7. The Morgan fingerprint density at radius 2 is 1.69 bits per heavy atom. The summed E-state index contributed by atoms with van der Waals surface area (Å²) < 4.78 is 21.4. The second kappa shape index (κ2) is 11.2. The van der Waals surface area contributed by atoms with E-state index in [1.165, 1.54) is 38.5 Å². The average molecular weight is 374 g/mol. The number of hydrogen-bond acceptors (Lipinski definition) is 7. The van der Waals surface area contributed by atoms with Crippen LogP contribution in [0.25, 0.3) is 0 Å². The summed E-state index contributed by atoms with van der Waals surface area (Å²) in [6, 6.07) is 0. The lowest BCUT2D eigenvalue weighted by molar-refractivity contribution is -0.438. The van der Waals surface area contributed by atoms with Crippen LogP contribution in [0.3, 0.4) is 0 Å². The van der Waals surface area contributed by atoms with Crippen LogP contribution in [0, 0.1) is 0 Å². The van der Waals surface area contributed by atoms with Gasteiger partial charge in [0.15, 0.2) is 19.0 Å². The zero-order valence-corrected chi connectivity index (χ0v) is 15.9. The van der Waals surface area contributed by atoms with Gasteiger partial charge in [-0.1, -0.05) is 58.3 Å². The van der Waals surface area contributed by atoms with Crippen LogP contribution < -0.4 is 0 Å². The molecule has 0 amide bonds. The van der Waals surface area contributed by atoms with Gasteiger partial charge in [-0.05, 0) is 6.42 Å². The molecule has 7 nitrogen and oxygen atoms in total. The fraction of sp³-hybridized carbons (Fsp3) is 0.947. The highest BCUT2D eigenvalue weighted by Crippen LogP contribution is 2.35. The van der Waals surface area contributed by atoms with Gasteiger partial charge in [0.25, 0.3) is 0 Å². The van der Waals surface area contributed by atoms with Crippen molar-refractivity contribution in [1.29, 1.82) is 0 Å². The molecule has 7 heteroatoms. The quantitative estimate of drug-likeness (QED) is 0.377. The molecule has 0 aromatic heterocycles. The van der Waals surface area contributed by atoms with E-state index in [1.54, 1.807) is 0 Å². The summed E-state index contributed by atoms with van der Waals surface area (Å²) in [5.41, 5.74) is 0. The van der Waals surface area contributed by atoms with Gasteiger partial charge in [0.2, 0.25) is 5.79 Å². The first-order valence-electron chi connectivity index (χ1n) is 10.0. The number of unbranched alkanes of at least 4 members (excludes halogenated alkanes) is 8. The summed E-state index contributed by atoms with van der Waals surface area (Å²) >= 11 is 0. The standard InChI is InChI=1S/C19H34O7/c1-2-3-4-5-6-7-8-9-10-11-16(22)26-17-15(21)12-23-18(17)19(13-20)24-14-25-19/h15,17-18,20-21H,2-14H2,1H3/t15-,17+,18-/m0/s1. The molecule has 2 heterocycles. The maximum absolute atomic E-state index is 12.1. The van der Waals surface area contributed by atoms with E-state index in [9.17, 15) is 15.0 Å². The van der Waals surface area contributed by atoms with Gasteiger partial charge < -0.3 is 29.2 Å². The minimum absolute atomic E-state index is 0.0229. The molecule has 0 aromatic carbocycles. The molecule has 0 unspecified atom stereocenters. The molecule has 2 fully saturated rings. The number of aliphatic hydroxyl groups is 2. The topological polar surface area (TPSA) is 94.5 Å². The monoisotopic (exact) mass is 374 g/mol. The Labute approximate surface area is 156 Å². The first-order chi connectivity index (χ1) is 12.6. The molecule has 26 heavy (non-hydrogen) atoms. The highest BCUT2D eigenvalue weighted by molar-refractivity contribution is 5.69. The number of aliphatic hydroxyl groups excluding tert-OH is 2. The van der Waals surface area contributed by atoms with Gasteiger partial charge in [-0.25, -0.2) is 0 Å². The lowest BCUT2D eigenvalue weighted by Crippen LogP contribution is -2.62. The van der Waals surface area contributed by atoms with Crippen molar-refractivity contribution >= 4 is 5.97 Å². The predicted molar refractivity (Wildman–Crippen MR) is 94.3 cm³/mol. The van der Waals surface area contributed by atoms with Crippen molar-refractivity contribution in [2.45, 2.75) is 95.2 Å². The van der Waals surface area contributed by atoms with Gasteiger partial charge in [0.1, 0.15) is 12.7 Å². The highest BCUT2D eigenvalue weighted by atomic mass is 16.9. The van der Waals surface area contributed by atoms with Gasteiger partial charge in [0.05, 0.1) is 6.61 Å². The molecule has 152 valence electrons. The molecule has 2 N–H and O–H groups in total. The average Bonchev–Trinajstić information content (AvgIpc) is 2.94. The first-order valence-corrected chi connectivity index (χ1v) is 10.0. The van der Waals surface area contributed by atoms with Crippen LogP contribution in [0.4, 0.5) is 0 Å². The van der Waals surface area contributed by atoms with E-state index in [4.69, 9.17) is 18.9 Å². The Bertz CT molecular complexity index is 405. The molecule has 3 atom stereocenters. The van der Waals surface area contributed by atoms with Crippen LogP contribution in [-0.4, -0.2) is 60.3 Å². The van der Waals surface area contributed by atoms with E-state index in [0.29, 0.717) is 6.42 Å². The van der Waals surface area contributed by atoms with Crippen LogP contribution in [0.5, 0.6) is 0 Å². The Morgan fingerprint density at radius 3 is 2.23 bits per heavy atom. The molecule has 0 radical (unpaired) electrons. The minimum Gasteiger partial charge on any atom is -0.456 e. The Balaban J connectivity index is 1.61. The van der Waals surface area contributed by atoms with E-state index in [1.807, 2.05) is 0 Å². The smallest absolute Gasteiger partial charge is 0.306 e. The largest absolute Gasteiger partial charge is 0.456 e. The van der Waals surface area contributed by atoms with Gasteiger partial charge in [-0.15, -0.1) is 0 Å². The van der Waals surface area contributed by atoms with Crippen molar-refractivity contribution in [2.24, 2.45) is 0 Å². The molecule has 2 aliphatic heterocycles. The lowest BCUT2D eigenvalue weighted by Gasteiger charge is -2.44. The van der Waals surface area contributed by atoms with Crippen LogP contribution in [0.15, 0.2) is 0 Å². The number of esters is 1. The molecule has 2 saturated heterocycles. The number of ether oxygens (including phenoxy) is 4. The van der Waals surface area contributed by atoms with Gasteiger partial charge in [-0.2, -0.15) is 0 Å². The fourth-order valence-electron chi connectivity index (χ4n) is 3.46. The van der Waals surface area contributed by atoms with E-state index >= 15 is 0 Å². The summed E-state index contributed by atoms with van der Waals surface area (Å²) in [6.45, 7) is 1.87. The van der Waals surface area contributed by atoms with Crippen LogP contribution in [0.2, 0.25) is 0 Å². The fourth-order valence-corrected chi connectivity index (χ4v) is 3.46. The first kappa shape index (κ1) is 21.6. The Morgan fingerprint density at radius 1 is 1.08 bits per heavy atom. The Hall–Kier alpha value is -0.730. The van der Waals surface area contributed by atoms with E-state index in [-0.39, 0.29) is 19.4 Å². The molecule has 0 spiro atoms. The zero-order valence-electron chi connectivity index (χ0n) is 15.9. The van der Waals surface area contributed by atoms with Crippen molar-refractivity contribution < 1.29 is 34.0 Å². The second-order valence-electron chi connectivity index (χ2n) is 7.23. The summed E-state index contributed by atoms with van der Waals surface area (Å²) in [4.78, 5) is 12.1. The maximum atomic E-state index is 12.1.